The maximum Gasteiger partial charge on any atom is 0.343 e. The summed E-state index contributed by atoms with van der Waals surface area (Å²) in [5.41, 5.74) is 1.71. The largest absolute Gasteiger partial charge is 0.465 e. The smallest absolute Gasteiger partial charge is 0.343 e. The average molecular weight is 422 g/mol. The van der Waals surface area contributed by atoms with Gasteiger partial charge in [-0.2, -0.15) is 0 Å². The predicted molar refractivity (Wildman–Crippen MR) is 78.4 cm³/mol. The third-order valence-electron chi connectivity index (χ3n) is 2.44. The van der Waals surface area contributed by atoms with Gasteiger partial charge in [0.15, 0.2) is 0 Å². The van der Waals surface area contributed by atoms with Gasteiger partial charge in [-0.15, -0.1) is 0 Å². The summed E-state index contributed by atoms with van der Waals surface area (Å²) in [6.45, 7) is 1.69. The molecule has 18 heavy (non-hydrogen) atoms. The lowest BCUT2D eigenvalue weighted by atomic mass is 10.1. The Hall–Kier alpha value is -0.890. The van der Waals surface area contributed by atoms with Crippen molar-refractivity contribution in [1.29, 1.82) is 0 Å². The normalized spacial score (nSPS) is 10.4. The zero-order valence-electron chi connectivity index (χ0n) is 9.66. The first-order chi connectivity index (χ1) is 8.54. The van der Waals surface area contributed by atoms with Crippen molar-refractivity contribution >= 4 is 44.5 Å². The molecule has 0 N–H and O–H groups in total. The fourth-order valence-corrected chi connectivity index (χ4v) is 2.53. The van der Waals surface area contributed by atoms with E-state index in [4.69, 9.17) is 9.26 Å². The van der Waals surface area contributed by atoms with Crippen LogP contribution in [0.5, 0.6) is 0 Å². The summed E-state index contributed by atoms with van der Waals surface area (Å²) in [7, 11) is 1.34. The number of rotatable bonds is 2. The van der Waals surface area contributed by atoms with E-state index in [0.29, 0.717) is 17.0 Å². The SMILES string of the molecule is COC(=O)c1c(-c2cc(Br)ccc2I)noc1C. The summed E-state index contributed by atoms with van der Waals surface area (Å²) in [6, 6.07) is 5.76. The molecule has 0 aliphatic rings. The number of methoxy groups -OCH3 is 1. The van der Waals surface area contributed by atoms with Crippen LogP contribution in [0.1, 0.15) is 16.1 Å². The average Bonchev–Trinajstić information content (AvgIpc) is 2.73. The Morgan fingerprint density at radius 3 is 2.89 bits per heavy atom. The number of esters is 1. The molecule has 2 rings (SSSR count). The molecule has 0 radical (unpaired) electrons. The van der Waals surface area contributed by atoms with Crippen molar-refractivity contribution < 1.29 is 14.1 Å². The summed E-state index contributed by atoms with van der Waals surface area (Å²) in [5, 5.41) is 3.96. The molecule has 1 aromatic heterocycles. The Kier molecular flexibility index (Phi) is 4.06. The van der Waals surface area contributed by atoms with Crippen LogP contribution in [0.4, 0.5) is 0 Å². The summed E-state index contributed by atoms with van der Waals surface area (Å²) in [5.74, 6) is 0.00662. The van der Waals surface area contributed by atoms with Gasteiger partial charge < -0.3 is 9.26 Å². The topological polar surface area (TPSA) is 52.3 Å². The molecule has 4 nitrogen and oxygen atoms in total. The molecule has 0 fully saturated rings. The Labute approximate surface area is 126 Å². The van der Waals surface area contributed by atoms with Crippen molar-refractivity contribution in [2.24, 2.45) is 0 Å². The quantitative estimate of drug-likeness (QED) is 0.546. The molecule has 0 unspecified atom stereocenters. The van der Waals surface area contributed by atoms with Crippen molar-refractivity contribution in [2.45, 2.75) is 6.92 Å². The predicted octanol–water partition coefficient (Wildman–Crippen LogP) is 3.80. The third kappa shape index (κ3) is 2.44. The molecule has 94 valence electrons. The molecule has 1 heterocycles. The van der Waals surface area contributed by atoms with E-state index in [-0.39, 0.29) is 0 Å². The Morgan fingerprint density at radius 1 is 1.50 bits per heavy atom. The minimum Gasteiger partial charge on any atom is -0.465 e. The lowest BCUT2D eigenvalue weighted by molar-refractivity contribution is 0.0599. The molecule has 0 aliphatic carbocycles. The van der Waals surface area contributed by atoms with Gasteiger partial charge in [-0.3, -0.25) is 0 Å². The second-order valence-corrected chi connectivity index (χ2v) is 5.66. The number of halogens is 2. The van der Waals surface area contributed by atoms with Crippen LogP contribution in [-0.4, -0.2) is 18.2 Å². The molecular formula is C12H9BrINO3. The number of benzene rings is 1. The van der Waals surface area contributed by atoms with Crippen LogP contribution in [0, 0.1) is 10.5 Å². The first kappa shape index (κ1) is 13.5. The van der Waals surface area contributed by atoms with Gasteiger partial charge in [0.1, 0.15) is 17.0 Å². The highest BCUT2D eigenvalue weighted by atomic mass is 127. The summed E-state index contributed by atoms with van der Waals surface area (Å²) in [4.78, 5) is 11.7. The second-order valence-electron chi connectivity index (χ2n) is 3.58. The van der Waals surface area contributed by atoms with Crippen molar-refractivity contribution in [2.75, 3.05) is 7.11 Å². The molecule has 0 atom stereocenters. The number of carbonyl (C=O) groups is 1. The molecule has 0 aliphatic heterocycles. The van der Waals surface area contributed by atoms with E-state index in [9.17, 15) is 4.79 Å². The van der Waals surface area contributed by atoms with Crippen LogP contribution < -0.4 is 0 Å². The number of carbonyl (C=O) groups excluding carboxylic acids is 1. The number of hydrogen-bond acceptors (Lipinski definition) is 4. The van der Waals surface area contributed by atoms with Gasteiger partial charge in [0.2, 0.25) is 0 Å². The molecule has 0 amide bonds. The van der Waals surface area contributed by atoms with Crippen LogP contribution in [0.3, 0.4) is 0 Å². The molecule has 2 aromatic rings. The lowest BCUT2D eigenvalue weighted by Crippen LogP contribution is -2.04. The summed E-state index contributed by atoms with van der Waals surface area (Å²) in [6.07, 6.45) is 0. The maximum atomic E-state index is 11.7. The van der Waals surface area contributed by atoms with Crippen LogP contribution in [0.15, 0.2) is 27.2 Å². The highest BCUT2D eigenvalue weighted by Gasteiger charge is 2.23. The first-order valence-corrected chi connectivity index (χ1v) is 6.91. The van der Waals surface area contributed by atoms with E-state index in [1.54, 1.807) is 6.92 Å². The second kappa shape index (κ2) is 5.40. The molecule has 0 spiro atoms. The van der Waals surface area contributed by atoms with Crippen LogP contribution in [0.25, 0.3) is 11.3 Å². The van der Waals surface area contributed by atoms with Gasteiger partial charge in [0, 0.05) is 13.6 Å². The van der Waals surface area contributed by atoms with E-state index >= 15 is 0 Å². The van der Waals surface area contributed by atoms with E-state index < -0.39 is 5.97 Å². The zero-order chi connectivity index (χ0) is 13.3. The Balaban J connectivity index is 2.64. The van der Waals surface area contributed by atoms with Crippen LogP contribution >= 0.6 is 38.5 Å². The number of hydrogen-bond donors (Lipinski definition) is 0. The lowest BCUT2D eigenvalue weighted by Gasteiger charge is -2.04. The van der Waals surface area contributed by atoms with Crippen LogP contribution in [0.2, 0.25) is 0 Å². The summed E-state index contributed by atoms with van der Waals surface area (Å²) < 4.78 is 11.7. The van der Waals surface area contributed by atoms with Crippen molar-refractivity contribution in [3.63, 3.8) is 0 Å². The Bertz CT molecular complexity index is 609. The minimum atomic E-state index is -0.445. The molecule has 0 bridgehead atoms. The third-order valence-corrected chi connectivity index (χ3v) is 3.87. The standard InChI is InChI=1S/C12H9BrINO3/c1-6-10(12(16)17-2)11(15-18-6)8-5-7(13)3-4-9(8)14/h3-5H,1-2H3. The fraction of sp³-hybridized carbons (Fsp3) is 0.167. The van der Waals surface area contributed by atoms with E-state index in [2.05, 4.69) is 43.7 Å². The Morgan fingerprint density at radius 2 is 2.22 bits per heavy atom. The number of nitrogens with zero attached hydrogens (tertiary/aromatic N) is 1. The number of ether oxygens (including phenoxy) is 1. The van der Waals surface area contributed by atoms with Gasteiger partial charge in [0.25, 0.3) is 0 Å². The van der Waals surface area contributed by atoms with Gasteiger partial charge >= 0.3 is 5.97 Å². The summed E-state index contributed by atoms with van der Waals surface area (Å²) >= 11 is 5.59. The zero-order valence-corrected chi connectivity index (χ0v) is 13.4. The van der Waals surface area contributed by atoms with E-state index in [1.807, 2.05) is 18.2 Å². The molecule has 0 saturated carbocycles. The monoisotopic (exact) mass is 421 g/mol. The molecule has 0 saturated heterocycles. The first-order valence-electron chi connectivity index (χ1n) is 5.04. The van der Waals surface area contributed by atoms with Crippen molar-refractivity contribution in [3.8, 4) is 11.3 Å². The van der Waals surface area contributed by atoms with Gasteiger partial charge in [-0.05, 0) is 47.7 Å². The number of aryl methyl sites for hydroxylation is 1. The van der Waals surface area contributed by atoms with Gasteiger partial charge in [-0.1, -0.05) is 21.1 Å². The molecular weight excluding hydrogens is 413 g/mol. The van der Waals surface area contributed by atoms with Gasteiger partial charge in [-0.25, -0.2) is 4.79 Å². The molecule has 6 heteroatoms. The van der Waals surface area contributed by atoms with Crippen molar-refractivity contribution in [3.05, 3.63) is 37.6 Å². The maximum absolute atomic E-state index is 11.7. The highest BCUT2D eigenvalue weighted by molar-refractivity contribution is 14.1. The number of aromatic nitrogens is 1. The van der Waals surface area contributed by atoms with Crippen molar-refractivity contribution in [1.82, 2.24) is 5.16 Å². The van der Waals surface area contributed by atoms with Crippen LogP contribution in [-0.2, 0) is 4.74 Å². The van der Waals surface area contributed by atoms with Gasteiger partial charge in [0.05, 0.1) is 7.11 Å². The van der Waals surface area contributed by atoms with E-state index in [0.717, 1.165) is 13.6 Å². The molecule has 1 aromatic carbocycles. The minimum absolute atomic E-state index is 0.369. The fourth-order valence-electron chi connectivity index (χ4n) is 1.58. The van der Waals surface area contributed by atoms with E-state index in [1.165, 1.54) is 7.11 Å². The highest BCUT2D eigenvalue weighted by Crippen LogP contribution is 2.31.